The van der Waals surface area contributed by atoms with Gasteiger partial charge in [0.25, 0.3) is 0 Å². The first kappa shape index (κ1) is 18.5. The lowest BCUT2D eigenvalue weighted by Crippen LogP contribution is -2.37. The number of esters is 1. The van der Waals surface area contributed by atoms with Gasteiger partial charge in [-0.2, -0.15) is 0 Å². The summed E-state index contributed by atoms with van der Waals surface area (Å²) >= 11 is 5.89. The van der Waals surface area contributed by atoms with Gasteiger partial charge in [-0.3, -0.25) is 9.69 Å². The number of amides is 1. The molecular weight excluding hydrogens is 385 g/mol. The highest BCUT2D eigenvalue weighted by Crippen LogP contribution is 2.44. The fourth-order valence-electron chi connectivity index (χ4n) is 3.70. The van der Waals surface area contributed by atoms with E-state index in [0.717, 1.165) is 5.56 Å². The maximum absolute atomic E-state index is 13.6. The van der Waals surface area contributed by atoms with E-state index in [9.17, 15) is 14.0 Å². The summed E-state index contributed by atoms with van der Waals surface area (Å²) in [5.74, 6) is -1.10. The molecule has 1 amide bonds. The van der Waals surface area contributed by atoms with Crippen LogP contribution >= 0.6 is 11.6 Å². The van der Waals surface area contributed by atoms with E-state index >= 15 is 0 Å². The minimum Gasteiger partial charge on any atom is -0.494 e. The lowest BCUT2D eigenvalue weighted by atomic mass is 9.83. The van der Waals surface area contributed by atoms with Gasteiger partial charge in [0.2, 0.25) is 5.91 Å². The molecule has 1 atom stereocenters. The van der Waals surface area contributed by atoms with Crippen molar-refractivity contribution in [2.24, 2.45) is 0 Å². The summed E-state index contributed by atoms with van der Waals surface area (Å²) in [6.07, 6.45) is 0.0625. The van der Waals surface area contributed by atoms with E-state index < -0.39 is 17.7 Å². The van der Waals surface area contributed by atoms with Gasteiger partial charge in [-0.05, 0) is 31.2 Å². The van der Waals surface area contributed by atoms with E-state index in [2.05, 4.69) is 0 Å². The maximum atomic E-state index is 13.6. The van der Waals surface area contributed by atoms with E-state index in [0.29, 0.717) is 29.3 Å². The zero-order valence-corrected chi connectivity index (χ0v) is 15.8. The molecule has 5 nitrogen and oxygen atoms in total. The second-order valence-corrected chi connectivity index (χ2v) is 6.90. The molecule has 0 aliphatic carbocycles. The molecule has 0 bridgehead atoms. The number of anilines is 1. The summed E-state index contributed by atoms with van der Waals surface area (Å²) in [4.78, 5) is 27.0. The van der Waals surface area contributed by atoms with E-state index in [-0.39, 0.29) is 24.0 Å². The van der Waals surface area contributed by atoms with Gasteiger partial charge in [0.1, 0.15) is 18.2 Å². The molecule has 0 fully saturated rings. The Morgan fingerprint density at radius 3 is 2.79 bits per heavy atom. The van der Waals surface area contributed by atoms with Gasteiger partial charge in [0.05, 0.1) is 28.6 Å². The number of para-hydroxylation sites is 1. The number of ether oxygens (including phenoxy) is 2. The van der Waals surface area contributed by atoms with Gasteiger partial charge < -0.3 is 9.47 Å². The molecular formula is C21H17ClFNO4. The van der Waals surface area contributed by atoms with Crippen LogP contribution in [0, 0.1) is 5.82 Å². The fraction of sp³-hybridized carbons (Fsp3) is 0.238. The predicted octanol–water partition coefficient (Wildman–Crippen LogP) is 4.21. The Hall–Kier alpha value is -2.86. The number of hydrogen-bond donors (Lipinski definition) is 0. The summed E-state index contributed by atoms with van der Waals surface area (Å²) < 4.78 is 24.5. The Kier molecular flexibility index (Phi) is 4.81. The first-order valence-corrected chi connectivity index (χ1v) is 9.29. The first-order valence-electron chi connectivity index (χ1n) is 8.91. The van der Waals surface area contributed by atoms with Gasteiger partial charge in [-0.15, -0.1) is 0 Å². The van der Waals surface area contributed by atoms with Crippen LogP contribution in [0.2, 0.25) is 5.02 Å². The third kappa shape index (κ3) is 3.03. The van der Waals surface area contributed by atoms with Crippen molar-refractivity contribution >= 4 is 29.2 Å². The third-order valence-electron chi connectivity index (χ3n) is 4.87. The first-order chi connectivity index (χ1) is 13.5. The van der Waals surface area contributed by atoms with Crippen molar-refractivity contribution < 1.29 is 23.5 Å². The van der Waals surface area contributed by atoms with Gasteiger partial charge in [0.15, 0.2) is 0 Å². The molecule has 2 aromatic carbocycles. The summed E-state index contributed by atoms with van der Waals surface area (Å²) in [6.45, 7) is 2.31. The zero-order valence-electron chi connectivity index (χ0n) is 15.1. The molecule has 4 rings (SSSR count). The molecule has 2 heterocycles. The second-order valence-electron chi connectivity index (χ2n) is 6.49. The highest BCUT2D eigenvalue weighted by atomic mass is 35.5. The molecule has 0 saturated carbocycles. The highest BCUT2D eigenvalue weighted by Gasteiger charge is 2.43. The number of cyclic esters (lactones) is 1. The Balaban J connectivity index is 1.83. The van der Waals surface area contributed by atoms with Crippen molar-refractivity contribution in [2.75, 3.05) is 18.1 Å². The minimum atomic E-state index is -0.577. The Bertz CT molecular complexity index is 1000. The predicted molar refractivity (Wildman–Crippen MR) is 102 cm³/mol. The van der Waals surface area contributed by atoms with Crippen LogP contribution in [0.15, 0.2) is 53.7 Å². The van der Waals surface area contributed by atoms with Crippen LogP contribution in [-0.2, 0) is 14.3 Å². The SMILES string of the molecule is CCOc1ccccc1C1CC(=O)N(c2ccc(F)c(Cl)c2)C2=C1C(=O)OC2. The molecule has 1 unspecified atom stereocenters. The zero-order chi connectivity index (χ0) is 19.8. The quantitative estimate of drug-likeness (QED) is 0.720. The average Bonchev–Trinajstić information content (AvgIpc) is 3.06. The fourth-order valence-corrected chi connectivity index (χ4v) is 3.87. The molecule has 0 N–H and O–H groups in total. The van der Waals surface area contributed by atoms with Crippen LogP contribution in [0.1, 0.15) is 24.8 Å². The summed E-state index contributed by atoms with van der Waals surface area (Å²) in [7, 11) is 0. The maximum Gasteiger partial charge on any atom is 0.336 e. The Morgan fingerprint density at radius 1 is 1.25 bits per heavy atom. The van der Waals surface area contributed by atoms with Gasteiger partial charge in [0, 0.05) is 17.9 Å². The molecule has 0 radical (unpaired) electrons. The number of rotatable bonds is 4. The van der Waals surface area contributed by atoms with Crippen LogP contribution in [-0.4, -0.2) is 25.1 Å². The van der Waals surface area contributed by atoms with Crippen LogP contribution in [0.4, 0.5) is 10.1 Å². The van der Waals surface area contributed by atoms with E-state index in [1.807, 2.05) is 31.2 Å². The minimum absolute atomic E-state index is 0.0256. The van der Waals surface area contributed by atoms with Crippen LogP contribution in [0.5, 0.6) is 5.75 Å². The van der Waals surface area contributed by atoms with E-state index in [4.69, 9.17) is 21.1 Å². The summed E-state index contributed by atoms with van der Waals surface area (Å²) in [6, 6.07) is 11.4. The number of halogens is 2. The van der Waals surface area contributed by atoms with Crippen molar-refractivity contribution in [2.45, 2.75) is 19.3 Å². The van der Waals surface area contributed by atoms with Gasteiger partial charge >= 0.3 is 5.97 Å². The topological polar surface area (TPSA) is 55.8 Å². The molecule has 0 aromatic heterocycles. The largest absolute Gasteiger partial charge is 0.494 e. The lowest BCUT2D eigenvalue weighted by Gasteiger charge is -2.32. The number of nitrogens with zero attached hydrogens (tertiary/aromatic N) is 1. The summed E-state index contributed by atoms with van der Waals surface area (Å²) in [5, 5.41) is -0.0958. The molecule has 0 spiro atoms. The normalized spacial score (nSPS) is 19.0. The molecule has 2 aromatic rings. The average molecular weight is 402 g/mol. The van der Waals surface area contributed by atoms with Crippen molar-refractivity contribution in [1.29, 1.82) is 0 Å². The highest BCUT2D eigenvalue weighted by molar-refractivity contribution is 6.31. The van der Waals surface area contributed by atoms with Gasteiger partial charge in [-0.25, -0.2) is 9.18 Å². The Morgan fingerprint density at radius 2 is 2.04 bits per heavy atom. The molecule has 28 heavy (non-hydrogen) atoms. The van der Waals surface area contributed by atoms with Gasteiger partial charge in [-0.1, -0.05) is 29.8 Å². The smallest absolute Gasteiger partial charge is 0.336 e. The monoisotopic (exact) mass is 401 g/mol. The standard InChI is InChI=1S/C21H17ClFNO4/c1-2-27-18-6-4-3-5-13(18)14-10-19(25)24(17-11-28-21(26)20(14)17)12-7-8-16(23)15(22)9-12/h3-9,14H,2,10-11H2,1H3. The molecule has 2 aliphatic rings. The van der Waals surface area contributed by atoms with E-state index in [1.165, 1.54) is 23.1 Å². The summed E-state index contributed by atoms with van der Waals surface area (Å²) in [5.41, 5.74) is 2.05. The second kappa shape index (κ2) is 7.28. The molecule has 7 heteroatoms. The molecule has 2 aliphatic heterocycles. The number of hydrogen-bond acceptors (Lipinski definition) is 4. The third-order valence-corrected chi connectivity index (χ3v) is 5.16. The number of carbonyl (C=O) groups is 2. The Labute approximate surface area is 166 Å². The van der Waals surface area contributed by atoms with Crippen LogP contribution in [0.3, 0.4) is 0 Å². The number of benzene rings is 2. The van der Waals surface area contributed by atoms with Crippen LogP contribution in [0.25, 0.3) is 0 Å². The van der Waals surface area contributed by atoms with Crippen LogP contribution < -0.4 is 9.64 Å². The molecule has 144 valence electrons. The van der Waals surface area contributed by atoms with E-state index in [1.54, 1.807) is 0 Å². The molecule has 0 saturated heterocycles. The van der Waals surface area contributed by atoms with Crippen molar-refractivity contribution in [3.8, 4) is 5.75 Å². The lowest BCUT2D eigenvalue weighted by molar-refractivity contribution is -0.136. The number of carbonyl (C=O) groups excluding carboxylic acids is 2. The van der Waals surface area contributed by atoms with Crippen molar-refractivity contribution in [1.82, 2.24) is 0 Å². The van der Waals surface area contributed by atoms with Crippen molar-refractivity contribution in [3.63, 3.8) is 0 Å². The van der Waals surface area contributed by atoms with Crippen molar-refractivity contribution in [3.05, 3.63) is 70.1 Å².